The minimum absolute atomic E-state index is 0.488. The first-order valence-electron chi connectivity index (χ1n) is 7.93. The van der Waals surface area contributed by atoms with Gasteiger partial charge in [0.25, 0.3) is 0 Å². The molecule has 0 saturated heterocycles. The summed E-state index contributed by atoms with van der Waals surface area (Å²) in [4.78, 5) is 0. The van der Waals surface area contributed by atoms with Crippen molar-refractivity contribution in [3.05, 3.63) is 65.1 Å². The van der Waals surface area contributed by atoms with E-state index in [9.17, 15) is 8.42 Å². The van der Waals surface area contributed by atoms with Gasteiger partial charge in [0.15, 0.2) is 21.3 Å². The molecule has 0 radical (unpaired) electrons. The van der Waals surface area contributed by atoms with Crippen LogP contribution in [0.15, 0.2) is 53.9 Å². The van der Waals surface area contributed by atoms with Crippen LogP contribution in [0.25, 0.3) is 5.70 Å². The Labute approximate surface area is 149 Å². The first-order chi connectivity index (χ1) is 11.9. The van der Waals surface area contributed by atoms with Gasteiger partial charge in [0.1, 0.15) is 0 Å². The molecule has 0 atom stereocenters. The zero-order valence-corrected chi connectivity index (χ0v) is 15.5. The van der Waals surface area contributed by atoms with Crippen molar-refractivity contribution in [2.75, 3.05) is 20.0 Å². The summed E-state index contributed by atoms with van der Waals surface area (Å²) in [5.41, 5.74) is 2.28. The quantitative estimate of drug-likeness (QED) is 0.782. The lowest BCUT2D eigenvalue weighted by Crippen LogP contribution is -2.13. The highest BCUT2D eigenvalue weighted by atomic mass is 32.2. The Morgan fingerprint density at radius 2 is 1.84 bits per heavy atom. The van der Waals surface area contributed by atoms with Gasteiger partial charge in [-0.2, -0.15) is 0 Å². The Balaban J connectivity index is 2.35. The van der Waals surface area contributed by atoms with E-state index in [2.05, 4.69) is 5.32 Å². The monoisotopic (exact) mass is 361 g/mol. The second-order valence-corrected chi connectivity index (χ2v) is 7.39. The molecule has 0 amide bonds. The van der Waals surface area contributed by atoms with Crippen LogP contribution in [-0.4, -0.2) is 28.4 Å². The van der Waals surface area contributed by atoms with Gasteiger partial charge in [-0.25, -0.2) is 8.42 Å². The van der Waals surface area contributed by atoms with Crippen LogP contribution in [0, 0.1) is 0 Å². The minimum atomic E-state index is -3.31. The smallest absolute Gasteiger partial charge is 0.170 e. The lowest BCUT2D eigenvalue weighted by molar-refractivity contribution is 0.311. The maximum absolute atomic E-state index is 11.8. The number of methoxy groups -OCH3 is 1. The van der Waals surface area contributed by atoms with E-state index in [1.807, 2.05) is 37.3 Å². The van der Waals surface area contributed by atoms with E-state index in [1.165, 1.54) is 11.7 Å². The maximum Gasteiger partial charge on any atom is 0.170 e. The molecule has 0 aromatic heterocycles. The molecule has 0 fully saturated rings. The standard InChI is InChI=1S/C19H23NO4S/c1-4-24-19-12-16(10-11-18(19)23-2)17(14-25(3,21)22)20-13-15-8-6-5-7-9-15/h5-12,14,20H,4,13H2,1-3H3/b17-14+. The highest BCUT2D eigenvalue weighted by molar-refractivity contribution is 7.93. The van der Waals surface area contributed by atoms with Gasteiger partial charge in [-0.15, -0.1) is 0 Å². The average Bonchev–Trinajstić information content (AvgIpc) is 2.59. The predicted octanol–water partition coefficient (Wildman–Crippen LogP) is 3.23. The molecular formula is C19H23NO4S. The molecule has 2 rings (SSSR count). The van der Waals surface area contributed by atoms with Gasteiger partial charge in [-0.3, -0.25) is 0 Å². The zero-order chi connectivity index (χ0) is 18.3. The van der Waals surface area contributed by atoms with Gasteiger partial charge >= 0.3 is 0 Å². The molecule has 0 aliphatic rings. The fourth-order valence-electron chi connectivity index (χ4n) is 2.33. The summed E-state index contributed by atoms with van der Waals surface area (Å²) >= 11 is 0. The minimum Gasteiger partial charge on any atom is -0.493 e. The van der Waals surface area contributed by atoms with Crippen LogP contribution in [0.5, 0.6) is 11.5 Å². The summed E-state index contributed by atoms with van der Waals surface area (Å²) in [6, 6.07) is 15.1. The Morgan fingerprint density at radius 1 is 1.12 bits per heavy atom. The second-order valence-electron chi connectivity index (χ2n) is 5.50. The number of hydrogen-bond donors (Lipinski definition) is 1. The molecule has 0 unspecified atom stereocenters. The third-order valence-corrected chi connectivity index (χ3v) is 4.10. The predicted molar refractivity (Wildman–Crippen MR) is 100 cm³/mol. The van der Waals surface area contributed by atoms with Gasteiger partial charge in [-0.05, 0) is 30.7 Å². The van der Waals surface area contributed by atoms with Crippen molar-refractivity contribution in [3.63, 3.8) is 0 Å². The van der Waals surface area contributed by atoms with Gasteiger partial charge in [0.05, 0.1) is 24.8 Å². The van der Waals surface area contributed by atoms with E-state index < -0.39 is 9.84 Å². The van der Waals surface area contributed by atoms with Crippen molar-refractivity contribution in [2.24, 2.45) is 0 Å². The molecule has 0 heterocycles. The summed E-state index contributed by atoms with van der Waals surface area (Å²) in [7, 11) is -1.75. The van der Waals surface area contributed by atoms with E-state index >= 15 is 0 Å². The zero-order valence-electron chi connectivity index (χ0n) is 14.7. The molecule has 134 valence electrons. The van der Waals surface area contributed by atoms with Crippen molar-refractivity contribution in [3.8, 4) is 11.5 Å². The van der Waals surface area contributed by atoms with Crippen LogP contribution in [0.4, 0.5) is 0 Å². The first-order valence-corrected chi connectivity index (χ1v) is 9.89. The third kappa shape index (κ3) is 5.83. The van der Waals surface area contributed by atoms with E-state index in [4.69, 9.17) is 9.47 Å². The van der Waals surface area contributed by atoms with E-state index in [-0.39, 0.29) is 0 Å². The molecule has 0 bridgehead atoms. The molecule has 6 heteroatoms. The van der Waals surface area contributed by atoms with Crippen LogP contribution >= 0.6 is 0 Å². The largest absolute Gasteiger partial charge is 0.493 e. The molecule has 0 aliphatic heterocycles. The Hall–Kier alpha value is -2.47. The molecule has 25 heavy (non-hydrogen) atoms. The number of rotatable bonds is 8. The van der Waals surface area contributed by atoms with Gasteiger partial charge in [0.2, 0.25) is 0 Å². The van der Waals surface area contributed by atoms with Crippen LogP contribution < -0.4 is 14.8 Å². The highest BCUT2D eigenvalue weighted by Gasteiger charge is 2.11. The van der Waals surface area contributed by atoms with Crippen LogP contribution in [0.3, 0.4) is 0 Å². The average molecular weight is 361 g/mol. The highest BCUT2D eigenvalue weighted by Crippen LogP contribution is 2.30. The van der Waals surface area contributed by atoms with Gasteiger partial charge in [0, 0.05) is 18.4 Å². The van der Waals surface area contributed by atoms with Gasteiger partial charge in [-0.1, -0.05) is 30.3 Å². The normalized spacial score (nSPS) is 11.9. The number of ether oxygens (including phenoxy) is 2. The number of benzene rings is 2. The summed E-state index contributed by atoms with van der Waals surface area (Å²) in [5, 5.41) is 4.43. The van der Waals surface area contributed by atoms with Crippen molar-refractivity contribution in [1.82, 2.24) is 5.32 Å². The molecule has 0 spiro atoms. The van der Waals surface area contributed by atoms with Gasteiger partial charge < -0.3 is 14.8 Å². The first kappa shape index (κ1) is 18.9. The Bertz CT molecular complexity index is 830. The summed E-state index contributed by atoms with van der Waals surface area (Å²) in [6.45, 7) is 2.88. The molecule has 5 nitrogen and oxygen atoms in total. The molecule has 0 aliphatic carbocycles. The van der Waals surface area contributed by atoms with E-state index in [1.54, 1.807) is 25.3 Å². The van der Waals surface area contributed by atoms with E-state index in [0.29, 0.717) is 35.9 Å². The lowest BCUT2D eigenvalue weighted by Gasteiger charge is -2.15. The van der Waals surface area contributed by atoms with Crippen molar-refractivity contribution in [1.29, 1.82) is 0 Å². The SMILES string of the molecule is CCOc1cc(/C(=C\S(C)(=O)=O)NCc2ccccc2)ccc1OC. The number of nitrogens with one attached hydrogen (secondary N) is 1. The molecule has 2 aromatic carbocycles. The Kier molecular flexibility index (Phi) is 6.47. The molecule has 0 saturated carbocycles. The van der Waals surface area contributed by atoms with Crippen molar-refractivity contribution >= 4 is 15.5 Å². The maximum atomic E-state index is 11.8. The molecule has 1 N–H and O–H groups in total. The topological polar surface area (TPSA) is 64.6 Å². The van der Waals surface area contributed by atoms with E-state index in [0.717, 1.165) is 5.56 Å². The fraction of sp³-hybridized carbons (Fsp3) is 0.263. The summed E-state index contributed by atoms with van der Waals surface area (Å²) in [6.07, 6.45) is 1.17. The molecule has 2 aromatic rings. The third-order valence-electron chi connectivity index (χ3n) is 3.43. The second kappa shape index (κ2) is 8.58. The van der Waals surface area contributed by atoms with Crippen LogP contribution in [0.1, 0.15) is 18.1 Å². The van der Waals surface area contributed by atoms with Crippen LogP contribution in [0.2, 0.25) is 0 Å². The Morgan fingerprint density at radius 3 is 2.44 bits per heavy atom. The number of hydrogen-bond acceptors (Lipinski definition) is 5. The fourth-order valence-corrected chi connectivity index (χ4v) is 2.98. The lowest BCUT2D eigenvalue weighted by atomic mass is 10.1. The molecular weight excluding hydrogens is 338 g/mol. The summed E-state index contributed by atoms with van der Waals surface area (Å²) in [5.74, 6) is 1.18. The van der Waals surface area contributed by atoms with Crippen LogP contribution in [-0.2, 0) is 16.4 Å². The van der Waals surface area contributed by atoms with Crippen molar-refractivity contribution in [2.45, 2.75) is 13.5 Å². The van der Waals surface area contributed by atoms with Crippen molar-refractivity contribution < 1.29 is 17.9 Å². The number of sulfone groups is 1. The summed E-state index contributed by atoms with van der Waals surface area (Å²) < 4.78 is 34.4.